The average molecular weight is 250 g/mol. The number of ether oxygens (including phenoxy) is 1. The lowest BCUT2D eigenvalue weighted by Crippen LogP contribution is -2.23. The molecule has 0 aromatic heterocycles. The lowest BCUT2D eigenvalue weighted by Gasteiger charge is -2.10. The van der Waals surface area contributed by atoms with Gasteiger partial charge in [0.1, 0.15) is 6.04 Å². The molecule has 1 aromatic rings. The molecule has 3 nitrogen and oxygen atoms in total. The highest BCUT2D eigenvalue weighted by atomic mass is 35.5. The zero-order valence-electron chi connectivity index (χ0n) is 8.27. The van der Waals surface area contributed by atoms with Gasteiger partial charge >= 0.3 is 5.97 Å². The lowest BCUT2D eigenvalue weighted by atomic mass is 10.1. The van der Waals surface area contributed by atoms with Crippen molar-refractivity contribution in [3.05, 3.63) is 34.9 Å². The third-order valence-corrected chi connectivity index (χ3v) is 1.98. The Labute approximate surface area is 100.0 Å². The molecule has 1 aromatic carbocycles. The van der Waals surface area contributed by atoms with Gasteiger partial charge in [-0.15, -0.1) is 12.4 Å². The van der Waals surface area contributed by atoms with Crippen molar-refractivity contribution in [3.8, 4) is 0 Å². The Kier molecular flexibility index (Phi) is 6.32. The van der Waals surface area contributed by atoms with E-state index in [0.29, 0.717) is 17.2 Å². The number of rotatable bonds is 3. The molecule has 0 spiro atoms. The molecule has 0 heterocycles. The van der Waals surface area contributed by atoms with Crippen molar-refractivity contribution in [3.63, 3.8) is 0 Å². The molecule has 0 aliphatic rings. The van der Waals surface area contributed by atoms with Gasteiger partial charge in [-0.25, -0.2) is 4.79 Å². The first-order chi connectivity index (χ1) is 6.65. The van der Waals surface area contributed by atoms with Crippen LogP contribution in [0.2, 0.25) is 5.02 Å². The molecule has 5 heteroatoms. The normalized spacial score (nSPS) is 11.4. The van der Waals surface area contributed by atoms with Crippen molar-refractivity contribution in [2.75, 3.05) is 6.61 Å². The number of esters is 1. The molecular formula is C10H13Cl2NO2. The van der Waals surface area contributed by atoms with E-state index in [1.54, 1.807) is 31.2 Å². The van der Waals surface area contributed by atoms with Crippen LogP contribution in [0.25, 0.3) is 0 Å². The van der Waals surface area contributed by atoms with Gasteiger partial charge in [-0.2, -0.15) is 0 Å². The second-order valence-electron chi connectivity index (χ2n) is 2.78. The van der Waals surface area contributed by atoms with E-state index < -0.39 is 12.0 Å². The lowest BCUT2D eigenvalue weighted by molar-refractivity contribution is -0.144. The minimum atomic E-state index is -0.756. The molecule has 0 bridgehead atoms. The van der Waals surface area contributed by atoms with E-state index in [9.17, 15) is 4.79 Å². The summed E-state index contributed by atoms with van der Waals surface area (Å²) < 4.78 is 4.79. The molecule has 84 valence electrons. The molecule has 0 amide bonds. The maximum absolute atomic E-state index is 11.3. The van der Waals surface area contributed by atoms with Gasteiger partial charge < -0.3 is 10.5 Å². The molecular weight excluding hydrogens is 237 g/mol. The summed E-state index contributed by atoms with van der Waals surface area (Å²) in [6.45, 7) is 2.07. The van der Waals surface area contributed by atoms with Gasteiger partial charge in [0, 0.05) is 5.02 Å². The van der Waals surface area contributed by atoms with E-state index in [2.05, 4.69) is 0 Å². The Balaban J connectivity index is 0.00000196. The standard InChI is InChI=1S/C10H12ClNO2.ClH/c1-2-14-10(13)9(12)7-4-3-5-8(11)6-7;/h3-6,9H,2,12H2,1H3;1H. The van der Waals surface area contributed by atoms with Crippen LogP contribution in [0.3, 0.4) is 0 Å². The number of carbonyl (C=O) groups excluding carboxylic acids is 1. The fourth-order valence-corrected chi connectivity index (χ4v) is 1.27. The van der Waals surface area contributed by atoms with Crippen LogP contribution < -0.4 is 5.73 Å². The molecule has 2 N–H and O–H groups in total. The minimum Gasteiger partial charge on any atom is -0.465 e. The Bertz CT molecular complexity index is 331. The summed E-state index contributed by atoms with van der Waals surface area (Å²) in [5.74, 6) is -0.435. The summed E-state index contributed by atoms with van der Waals surface area (Å²) in [4.78, 5) is 11.3. The van der Waals surface area contributed by atoms with Crippen LogP contribution in [0.1, 0.15) is 18.5 Å². The van der Waals surface area contributed by atoms with E-state index in [1.165, 1.54) is 0 Å². The third kappa shape index (κ3) is 4.08. The molecule has 15 heavy (non-hydrogen) atoms. The largest absolute Gasteiger partial charge is 0.465 e. The number of hydrogen-bond acceptors (Lipinski definition) is 3. The maximum atomic E-state index is 11.3. The molecule has 0 aliphatic heterocycles. The van der Waals surface area contributed by atoms with Gasteiger partial charge in [-0.3, -0.25) is 0 Å². The summed E-state index contributed by atoms with van der Waals surface area (Å²) in [5.41, 5.74) is 6.32. The fourth-order valence-electron chi connectivity index (χ4n) is 1.07. The summed E-state index contributed by atoms with van der Waals surface area (Å²) >= 11 is 5.76. The predicted octanol–water partition coefficient (Wildman–Crippen LogP) is 2.32. The second-order valence-corrected chi connectivity index (χ2v) is 3.22. The Morgan fingerprint density at radius 2 is 2.27 bits per heavy atom. The number of hydrogen-bond donors (Lipinski definition) is 1. The van der Waals surface area contributed by atoms with Crippen molar-refractivity contribution in [1.82, 2.24) is 0 Å². The highest BCUT2D eigenvalue weighted by molar-refractivity contribution is 6.30. The second kappa shape index (κ2) is 6.67. The molecule has 1 unspecified atom stereocenters. The molecule has 0 aliphatic carbocycles. The van der Waals surface area contributed by atoms with Crippen molar-refractivity contribution >= 4 is 30.0 Å². The monoisotopic (exact) mass is 249 g/mol. The highest BCUT2D eigenvalue weighted by Gasteiger charge is 2.16. The number of benzene rings is 1. The Hall–Kier alpha value is -0.770. The quantitative estimate of drug-likeness (QED) is 0.837. The van der Waals surface area contributed by atoms with Gasteiger partial charge in [-0.1, -0.05) is 23.7 Å². The molecule has 1 atom stereocenters. The first-order valence-corrected chi connectivity index (χ1v) is 4.70. The molecule has 0 fully saturated rings. The zero-order chi connectivity index (χ0) is 10.6. The number of carbonyl (C=O) groups is 1. The van der Waals surface area contributed by atoms with Crippen molar-refractivity contribution in [1.29, 1.82) is 0 Å². The van der Waals surface area contributed by atoms with Gasteiger partial charge in [-0.05, 0) is 24.6 Å². The van der Waals surface area contributed by atoms with Crippen LogP contribution in [0, 0.1) is 0 Å². The molecule has 1 rings (SSSR count). The van der Waals surface area contributed by atoms with Crippen molar-refractivity contribution in [2.45, 2.75) is 13.0 Å². The SMILES string of the molecule is CCOC(=O)C(N)c1cccc(Cl)c1.Cl. The molecule has 0 saturated carbocycles. The van der Waals surface area contributed by atoms with E-state index in [-0.39, 0.29) is 12.4 Å². The Morgan fingerprint density at radius 1 is 1.60 bits per heavy atom. The topological polar surface area (TPSA) is 52.3 Å². The van der Waals surface area contributed by atoms with E-state index in [1.807, 2.05) is 0 Å². The summed E-state index contributed by atoms with van der Waals surface area (Å²) in [6, 6.07) is 6.12. The smallest absolute Gasteiger partial charge is 0.327 e. The molecule has 0 saturated heterocycles. The summed E-state index contributed by atoms with van der Waals surface area (Å²) in [7, 11) is 0. The summed E-state index contributed by atoms with van der Waals surface area (Å²) in [6.07, 6.45) is 0. The van der Waals surface area contributed by atoms with Crippen LogP contribution in [0.15, 0.2) is 24.3 Å². The van der Waals surface area contributed by atoms with E-state index in [4.69, 9.17) is 22.1 Å². The number of halogens is 2. The number of nitrogens with two attached hydrogens (primary N) is 1. The predicted molar refractivity (Wildman–Crippen MR) is 62.3 cm³/mol. The van der Waals surface area contributed by atoms with Crippen molar-refractivity contribution in [2.24, 2.45) is 5.73 Å². The van der Waals surface area contributed by atoms with Gasteiger partial charge in [0.15, 0.2) is 0 Å². The van der Waals surface area contributed by atoms with Gasteiger partial charge in [0.2, 0.25) is 0 Å². The average Bonchev–Trinajstić information content (AvgIpc) is 2.17. The van der Waals surface area contributed by atoms with Crippen LogP contribution in [-0.4, -0.2) is 12.6 Å². The molecule has 0 radical (unpaired) electrons. The highest BCUT2D eigenvalue weighted by Crippen LogP contribution is 2.16. The zero-order valence-corrected chi connectivity index (χ0v) is 9.85. The Morgan fingerprint density at radius 3 is 2.80 bits per heavy atom. The van der Waals surface area contributed by atoms with Crippen LogP contribution in [0.4, 0.5) is 0 Å². The van der Waals surface area contributed by atoms with Crippen LogP contribution in [0.5, 0.6) is 0 Å². The first-order valence-electron chi connectivity index (χ1n) is 4.33. The van der Waals surface area contributed by atoms with Crippen molar-refractivity contribution < 1.29 is 9.53 Å². The summed E-state index contributed by atoms with van der Waals surface area (Å²) in [5, 5.41) is 0.558. The van der Waals surface area contributed by atoms with Crippen LogP contribution in [-0.2, 0) is 9.53 Å². The van der Waals surface area contributed by atoms with E-state index in [0.717, 1.165) is 0 Å². The fraction of sp³-hybridized carbons (Fsp3) is 0.300. The van der Waals surface area contributed by atoms with Gasteiger partial charge in [0.25, 0.3) is 0 Å². The maximum Gasteiger partial charge on any atom is 0.327 e. The van der Waals surface area contributed by atoms with Crippen LogP contribution >= 0.6 is 24.0 Å². The minimum absolute atomic E-state index is 0. The first kappa shape index (κ1) is 14.2. The van der Waals surface area contributed by atoms with E-state index >= 15 is 0 Å². The van der Waals surface area contributed by atoms with Gasteiger partial charge in [0.05, 0.1) is 6.61 Å². The third-order valence-electron chi connectivity index (χ3n) is 1.75.